The van der Waals surface area contributed by atoms with Gasteiger partial charge in [0, 0.05) is 12.5 Å². The molecule has 246 valence electrons. The zero-order valence-electron chi connectivity index (χ0n) is 26.8. The summed E-state index contributed by atoms with van der Waals surface area (Å²) in [6.45, 7) is 10.1. The van der Waals surface area contributed by atoms with Crippen LogP contribution in [0.25, 0.3) is 0 Å². The van der Waals surface area contributed by atoms with E-state index < -0.39 is 47.7 Å². The minimum absolute atomic E-state index is 0.0954. The minimum atomic E-state index is -1.39. The molecule has 0 bridgehead atoms. The van der Waals surface area contributed by atoms with Crippen LogP contribution in [0.15, 0.2) is 0 Å². The van der Waals surface area contributed by atoms with Crippen LogP contribution >= 0.6 is 0 Å². The summed E-state index contributed by atoms with van der Waals surface area (Å²) < 4.78 is 0. The van der Waals surface area contributed by atoms with Gasteiger partial charge in [-0.1, -0.05) is 59.8 Å². The van der Waals surface area contributed by atoms with Crippen molar-refractivity contribution in [2.24, 2.45) is 17.6 Å². The van der Waals surface area contributed by atoms with Crippen molar-refractivity contribution in [3.8, 4) is 0 Å². The molecule has 0 aromatic heterocycles. The number of nitrogens with one attached hydrogen (secondary N) is 7. The van der Waals surface area contributed by atoms with Crippen LogP contribution in [-0.2, 0) is 24.0 Å². The number of carbonyl (C=O) groups is 5. The van der Waals surface area contributed by atoms with Gasteiger partial charge in [0.2, 0.25) is 29.5 Å². The summed E-state index contributed by atoms with van der Waals surface area (Å²) >= 11 is 0. The molecular weight excluding hydrogens is 552 g/mol. The zero-order valence-corrected chi connectivity index (χ0v) is 26.8. The van der Waals surface area contributed by atoms with Crippen LogP contribution in [0.4, 0.5) is 0 Å². The molecular formula is C30H56N8O5. The highest BCUT2D eigenvalue weighted by molar-refractivity contribution is 5.97. The third-order valence-corrected chi connectivity index (χ3v) is 8.40. The largest absolute Gasteiger partial charge is 0.354 e. The second kappa shape index (κ2) is 18.1. The standard InChI is InChI=1S/C30H56N8O5/c1-6-21-26(41)36-23(18-20-12-9-8-10-13-20)25(40)33-17-15-30(5,38-24(39)19(3)4)28(43)37-22(27(42)35-21)14-11-16-34-29(31)32-7-2/h19-23,29,32,34H,6-18,31H2,1-5H3,(H,33,40)(H,35,42)(H,36,41)(H,37,43)(H,38,39)/t21-,22-,23+,29?,30+/m0/s1. The number of hydrogen-bond donors (Lipinski definition) is 8. The fraction of sp³-hybridized carbons (Fsp3) is 0.833. The van der Waals surface area contributed by atoms with Gasteiger partial charge in [0.05, 0.1) is 0 Å². The number of hydrogen-bond acceptors (Lipinski definition) is 8. The predicted octanol–water partition coefficient (Wildman–Crippen LogP) is 0.0936. The third kappa shape index (κ3) is 12.0. The van der Waals surface area contributed by atoms with Gasteiger partial charge >= 0.3 is 0 Å². The Hall–Kier alpha value is -2.77. The quantitative estimate of drug-likeness (QED) is 0.113. The maximum atomic E-state index is 13.7. The van der Waals surface area contributed by atoms with Gasteiger partial charge in [-0.3, -0.25) is 34.6 Å². The molecule has 5 amide bonds. The fourth-order valence-corrected chi connectivity index (χ4v) is 5.54. The maximum absolute atomic E-state index is 13.7. The van der Waals surface area contributed by atoms with Crippen molar-refractivity contribution in [3.63, 3.8) is 0 Å². The van der Waals surface area contributed by atoms with Gasteiger partial charge < -0.3 is 32.3 Å². The molecule has 43 heavy (non-hydrogen) atoms. The summed E-state index contributed by atoms with van der Waals surface area (Å²) in [7, 11) is 0. The predicted molar refractivity (Wildman–Crippen MR) is 165 cm³/mol. The van der Waals surface area contributed by atoms with Gasteiger partial charge in [0.15, 0.2) is 0 Å². The van der Waals surface area contributed by atoms with Crippen molar-refractivity contribution in [2.45, 2.75) is 129 Å². The SMILES string of the molecule is CCNC(N)NCCC[C@@H]1NC(=O)[C@](C)(NC(=O)C(C)C)CCNC(=O)[C@@H](CC2CCCCC2)NC(=O)[C@H](CC)NC1=O. The van der Waals surface area contributed by atoms with Gasteiger partial charge in [-0.05, 0) is 58.0 Å². The first kappa shape index (κ1) is 36.4. The molecule has 1 aliphatic carbocycles. The normalized spacial score (nSPS) is 27.4. The maximum Gasteiger partial charge on any atom is 0.246 e. The molecule has 13 heteroatoms. The molecule has 1 heterocycles. The van der Waals surface area contributed by atoms with Crippen molar-refractivity contribution >= 4 is 29.5 Å². The van der Waals surface area contributed by atoms with Crippen LogP contribution in [0.1, 0.15) is 98.8 Å². The van der Waals surface area contributed by atoms with E-state index in [2.05, 4.69) is 37.2 Å². The van der Waals surface area contributed by atoms with E-state index in [0.717, 1.165) is 25.7 Å². The van der Waals surface area contributed by atoms with E-state index in [4.69, 9.17) is 5.73 Å². The Morgan fingerprint density at radius 1 is 0.930 bits per heavy atom. The van der Waals surface area contributed by atoms with Crippen molar-refractivity contribution in [3.05, 3.63) is 0 Å². The van der Waals surface area contributed by atoms with Gasteiger partial charge in [-0.25, -0.2) is 0 Å². The fourth-order valence-electron chi connectivity index (χ4n) is 5.54. The molecule has 1 saturated heterocycles. The van der Waals surface area contributed by atoms with E-state index in [0.29, 0.717) is 38.3 Å². The summed E-state index contributed by atoms with van der Waals surface area (Å²) in [5.74, 6) is -2.19. The molecule has 13 nitrogen and oxygen atoms in total. The van der Waals surface area contributed by atoms with Crippen molar-refractivity contribution in [1.29, 1.82) is 0 Å². The zero-order chi connectivity index (χ0) is 32.0. The van der Waals surface area contributed by atoms with E-state index in [1.165, 1.54) is 6.42 Å². The average molecular weight is 609 g/mol. The van der Waals surface area contributed by atoms with Crippen LogP contribution in [0, 0.1) is 11.8 Å². The lowest BCUT2D eigenvalue weighted by atomic mass is 9.84. The van der Waals surface area contributed by atoms with Crippen LogP contribution in [-0.4, -0.2) is 79.1 Å². The lowest BCUT2D eigenvalue weighted by Crippen LogP contribution is -2.63. The second-order valence-electron chi connectivity index (χ2n) is 12.4. The molecule has 0 aromatic carbocycles. The van der Waals surface area contributed by atoms with Gasteiger partial charge in [-0.2, -0.15) is 0 Å². The average Bonchev–Trinajstić information content (AvgIpc) is 2.96. The highest BCUT2D eigenvalue weighted by atomic mass is 16.2. The molecule has 0 aromatic rings. The van der Waals surface area contributed by atoms with Crippen LogP contribution in [0.5, 0.6) is 0 Å². The Labute approximate surface area is 256 Å². The van der Waals surface area contributed by atoms with Crippen LogP contribution in [0.2, 0.25) is 0 Å². The number of carbonyl (C=O) groups excluding carboxylic acids is 5. The molecule has 2 fully saturated rings. The number of rotatable bonds is 12. The second-order valence-corrected chi connectivity index (χ2v) is 12.4. The molecule has 0 spiro atoms. The van der Waals surface area contributed by atoms with Gasteiger partial charge in [-0.15, -0.1) is 0 Å². The van der Waals surface area contributed by atoms with Crippen molar-refractivity contribution in [2.75, 3.05) is 19.6 Å². The van der Waals surface area contributed by atoms with E-state index in [-0.39, 0.29) is 37.1 Å². The number of amides is 5. The summed E-state index contributed by atoms with van der Waals surface area (Å²) in [5.41, 5.74) is 4.55. The molecule has 2 rings (SSSR count). The van der Waals surface area contributed by atoms with Crippen molar-refractivity contribution < 1.29 is 24.0 Å². The smallest absolute Gasteiger partial charge is 0.246 e. The van der Waals surface area contributed by atoms with E-state index in [9.17, 15) is 24.0 Å². The van der Waals surface area contributed by atoms with E-state index >= 15 is 0 Å². The van der Waals surface area contributed by atoms with Gasteiger partial charge in [0.25, 0.3) is 0 Å². The Kier molecular flexibility index (Phi) is 15.4. The summed E-state index contributed by atoms with van der Waals surface area (Å²) in [6, 6.07) is -2.61. The lowest BCUT2D eigenvalue weighted by Gasteiger charge is -2.34. The van der Waals surface area contributed by atoms with E-state index in [1.807, 2.05) is 6.92 Å². The highest BCUT2D eigenvalue weighted by Crippen LogP contribution is 2.27. The van der Waals surface area contributed by atoms with Gasteiger partial charge in [0.1, 0.15) is 30.0 Å². The summed E-state index contributed by atoms with van der Waals surface area (Å²) in [6.07, 6.45) is 6.66. The van der Waals surface area contributed by atoms with E-state index in [1.54, 1.807) is 27.7 Å². The third-order valence-electron chi connectivity index (χ3n) is 8.40. The molecule has 1 aliphatic heterocycles. The molecule has 5 atom stereocenters. The first-order valence-corrected chi connectivity index (χ1v) is 16.1. The molecule has 1 saturated carbocycles. The van der Waals surface area contributed by atoms with Crippen LogP contribution < -0.4 is 43.0 Å². The first-order chi connectivity index (χ1) is 20.4. The topological polar surface area (TPSA) is 196 Å². The molecule has 2 aliphatic rings. The molecule has 1 unspecified atom stereocenters. The molecule has 9 N–H and O–H groups in total. The lowest BCUT2D eigenvalue weighted by molar-refractivity contribution is -0.138. The van der Waals surface area contributed by atoms with Crippen LogP contribution in [0.3, 0.4) is 0 Å². The Balaban J connectivity index is 2.33. The number of nitrogens with two attached hydrogens (primary N) is 1. The molecule has 0 radical (unpaired) electrons. The Bertz CT molecular complexity index is 942. The Morgan fingerprint density at radius 3 is 2.21 bits per heavy atom. The highest BCUT2D eigenvalue weighted by Gasteiger charge is 2.39. The minimum Gasteiger partial charge on any atom is -0.354 e. The Morgan fingerprint density at radius 2 is 1.58 bits per heavy atom. The monoisotopic (exact) mass is 608 g/mol. The van der Waals surface area contributed by atoms with Crippen molar-refractivity contribution in [1.82, 2.24) is 37.2 Å². The summed E-state index contributed by atoms with van der Waals surface area (Å²) in [4.78, 5) is 66.7. The summed E-state index contributed by atoms with van der Waals surface area (Å²) in [5, 5.41) is 20.4. The first-order valence-electron chi connectivity index (χ1n) is 16.1.